The molecule has 0 aliphatic carbocycles. The molecule has 15 heavy (non-hydrogen) atoms. The summed E-state index contributed by atoms with van der Waals surface area (Å²) in [7, 11) is 0. The predicted molar refractivity (Wildman–Crippen MR) is 56.2 cm³/mol. The average Bonchev–Trinajstić information content (AvgIpc) is 2.56. The fraction of sp³-hybridized carbons (Fsp3) is 0.273. The summed E-state index contributed by atoms with van der Waals surface area (Å²) in [4.78, 5) is 22.3. The van der Waals surface area contributed by atoms with Crippen molar-refractivity contribution in [1.29, 1.82) is 0 Å². The lowest BCUT2D eigenvalue weighted by Gasteiger charge is -2.04. The number of aldehydes is 1. The van der Waals surface area contributed by atoms with Crippen LogP contribution in [0.2, 0.25) is 0 Å². The summed E-state index contributed by atoms with van der Waals surface area (Å²) in [6.07, 6.45) is 0.671. The van der Waals surface area contributed by atoms with Gasteiger partial charge in [-0.3, -0.25) is 4.79 Å². The Balaban J connectivity index is 2.91. The van der Waals surface area contributed by atoms with E-state index in [0.29, 0.717) is 22.8 Å². The Morgan fingerprint density at radius 2 is 2.13 bits per heavy atom. The Bertz CT molecular complexity index is 563. The third-order valence-electron chi connectivity index (χ3n) is 2.29. The topological polar surface area (TPSA) is 52.2 Å². The van der Waals surface area contributed by atoms with Gasteiger partial charge in [-0.05, 0) is 19.9 Å². The van der Waals surface area contributed by atoms with Crippen LogP contribution < -0.4 is 5.63 Å². The molecule has 0 spiro atoms. The van der Waals surface area contributed by atoms with Crippen LogP contribution in [0.3, 0.4) is 0 Å². The van der Waals surface area contributed by atoms with Crippen molar-refractivity contribution < 1.29 is 9.32 Å². The van der Waals surface area contributed by atoms with Gasteiger partial charge in [0.05, 0.1) is 16.9 Å². The summed E-state index contributed by atoms with van der Waals surface area (Å²) in [5.74, 6) is 0. The van der Waals surface area contributed by atoms with Crippen molar-refractivity contribution in [2.24, 2.45) is 0 Å². The molecular weight excluding hydrogens is 194 g/mol. The maximum Gasteiger partial charge on any atom is 0.366 e. The minimum absolute atomic E-state index is 0.0529. The smallest absolute Gasteiger partial charge is 0.335 e. The fourth-order valence-corrected chi connectivity index (χ4v) is 1.63. The fourth-order valence-electron chi connectivity index (χ4n) is 1.63. The molecule has 2 aromatic rings. The van der Waals surface area contributed by atoms with E-state index in [1.165, 1.54) is 4.74 Å². The number of nitrogens with zero attached hydrogens (tertiary/aromatic N) is 1. The second-order valence-corrected chi connectivity index (χ2v) is 3.66. The molecule has 0 aliphatic rings. The quantitative estimate of drug-likeness (QED) is 0.704. The number of benzene rings is 1. The van der Waals surface area contributed by atoms with Gasteiger partial charge in [-0.1, -0.05) is 12.1 Å². The SMILES string of the molecule is CC(C)n1oc(=O)c2c(C=O)cccc21. The molecule has 1 aromatic carbocycles. The molecule has 0 radical (unpaired) electrons. The highest BCUT2D eigenvalue weighted by Crippen LogP contribution is 2.18. The van der Waals surface area contributed by atoms with E-state index in [9.17, 15) is 9.59 Å². The van der Waals surface area contributed by atoms with Crippen LogP contribution in [0, 0.1) is 0 Å². The van der Waals surface area contributed by atoms with Crippen molar-refractivity contribution in [1.82, 2.24) is 4.74 Å². The number of rotatable bonds is 2. The van der Waals surface area contributed by atoms with E-state index in [4.69, 9.17) is 4.52 Å². The molecule has 0 fully saturated rings. The maximum absolute atomic E-state index is 11.5. The third kappa shape index (κ3) is 1.38. The molecule has 0 amide bonds. The summed E-state index contributed by atoms with van der Waals surface area (Å²) < 4.78 is 6.59. The first-order chi connectivity index (χ1) is 7.15. The number of aromatic nitrogens is 1. The average molecular weight is 205 g/mol. The van der Waals surface area contributed by atoms with Gasteiger partial charge in [-0.15, -0.1) is 0 Å². The lowest BCUT2D eigenvalue weighted by Crippen LogP contribution is -1.99. The lowest BCUT2D eigenvalue weighted by atomic mass is 10.1. The predicted octanol–water partition coefficient (Wildman–Crippen LogP) is 1.99. The molecule has 0 saturated carbocycles. The minimum atomic E-state index is -0.457. The number of fused-ring (bicyclic) bond motifs is 1. The van der Waals surface area contributed by atoms with E-state index in [-0.39, 0.29) is 6.04 Å². The molecule has 1 heterocycles. The van der Waals surface area contributed by atoms with Gasteiger partial charge in [-0.25, -0.2) is 9.53 Å². The van der Waals surface area contributed by atoms with Gasteiger partial charge in [0.1, 0.15) is 0 Å². The number of hydrogen-bond donors (Lipinski definition) is 0. The van der Waals surface area contributed by atoms with Gasteiger partial charge >= 0.3 is 5.63 Å². The Morgan fingerprint density at radius 3 is 2.73 bits per heavy atom. The van der Waals surface area contributed by atoms with Crippen molar-refractivity contribution in [3.05, 3.63) is 34.2 Å². The molecule has 0 aliphatic heterocycles. The highest BCUT2D eigenvalue weighted by Gasteiger charge is 2.13. The maximum atomic E-state index is 11.5. The zero-order valence-corrected chi connectivity index (χ0v) is 8.56. The van der Waals surface area contributed by atoms with Crippen molar-refractivity contribution >= 4 is 17.2 Å². The molecule has 0 atom stereocenters. The van der Waals surface area contributed by atoms with Gasteiger partial charge < -0.3 is 4.52 Å². The molecule has 4 heteroatoms. The van der Waals surface area contributed by atoms with Gasteiger partial charge in [0.15, 0.2) is 6.29 Å². The summed E-state index contributed by atoms with van der Waals surface area (Å²) in [5.41, 5.74) is 0.585. The van der Waals surface area contributed by atoms with Crippen LogP contribution >= 0.6 is 0 Å². The first-order valence-electron chi connectivity index (χ1n) is 4.75. The van der Waals surface area contributed by atoms with Gasteiger partial charge in [0, 0.05) is 5.56 Å². The first kappa shape index (κ1) is 9.71. The van der Waals surface area contributed by atoms with E-state index >= 15 is 0 Å². The van der Waals surface area contributed by atoms with Gasteiger partial charge in [0.25, 0.3) is 0 Å². The normalized spacial score (nSPS) is 11.1. The van der Waals surface area contributed by atoms with E-state index in [1.807, 2.05) is 13.8 Å². The van der Waals surface area contributed by atoms with Crippen molar-refractivity contribution in [3.63, 3.8) is 0 Å². The van der Waals surface area contributed by atoms with Crippen molar-refractivity contribution in [3.8, 4) is 0 Å². The van der Waals surface area contributed by atoms with Crippen LogP contribution in [0.5, 0.6) is 0 Å². The lowest BCUT2D eigenvalue weighted by molar-refractivity contribution is 0.112. The van der Waals surface area contributed by atoms with Crippen molar-refractivity contribution in [2.45, 2.75) is 19.9 Å². The second kappa shape index (κ2) is 3.38. The largest absolute Gasteiger partial charge is 0.366 e. The molecule has 1 aromatic heterocycles. The molecule has 0 bridgehead atoms. The molecule has 4 nitrogen and oxygen atoms in total. The summed E-state index contributed by atoms with van der Waals surface area (Å²) in [6.45, 7) is 3.83. The summed E-state index contributed by atoms with van der Waals surface area (Å²) in [5, 5.41) is 0.362. The standard InChI is InChI=1S/C11H11NO3/c1-7(2)12-9-5-3-4-8(6-13)10(9)11(14)15-12/h3-7H,1-2H3. The molecule has 0 saturated heterocycles. The van der Waals surface area contributed by atoms with Crippen LogP contribution in [0.25, 0.3) is 10.9 Å². The Hall–Kier alpha value is -1.84. The van der Waals surface area contributed by atoms with E-state index in [2.05, 4.69) is 0 Å². The first-order valence-corrected chi connectivity index (χ1v) is 4.75. The van der Waals surface area contributed by atoms with E-state index in [1.54, 1.807) is 18.2 Å². The Kier molecular flexibility index (Phi) is 2.19. The van der Waals surface area contributed by atoms with Crippen molar-refractivity contribution in [2.75, 3.05) is 0 Å². The number of hydrogen-bond acceptors (Lipinski definition) is 3. The zero-order valence-electron chi connectivity index (χ0n) is 8.56. The third-order valence-corrected chi connectivity index (χ3v) is 2.29. The second-order valence-electron chi connectivity index (χ2n) is 3.66. The Morgan fingerprint density at radius 1 is 1.40 bits per heavy atom. The van der Waals surface area contributed by atoms with Crippen LogP contribution in [0.15, 0.2) is 27.5 Å². The highest BCUT2D eigenvalue weighted by molar-refractivity contribution is 5.95. The molecule has 78 valence electrons. The van der Waals surface area contributed by atoms with E-state index < -0.39 is 5.63 Å². The number of carbonyl (C=O) groups excluding carboxylic acids is 1. The minimum Gasteiger partial charge on any atom is -0.335 e. The monoisotopic (exact) mass is 205 g/mol. The van der Waals surface area contributed by atoms with Crippen LogP contribution in [0.1, 0.15) is 30.2 Å². The van der Waals surface area contributed by atoms with Crippen LogP contribution in [0.4, 0.5) is 0 Å². The number of carbonyl (C=O) groups is 1. The molecular formula is C11H11NO3. The highest BCUT2D eigenvalue weighted by atomic mass is 16.5. The molecule has 0 N–H and O–H groups in total. The van der Waals surface area contributed by atoms with Gasteiger partial charge in [0.2, 0.25) is 0 Å². The van der Waals surface area contributed by atoms with Crippen LogP contribution in [-0.4, -0.2) is 11.0 Å². The zero-order chi connectivity index (χ0) is 11.0. The van der Waals surface area contributed by atoms with E-state index in [0.717, 1.165) is 0 Å². The van der Waals surface area contributed by atoms with Crippen LogP contribution in [-0.2, 0) is 0 Å². The van der Waals surface area contributed by atoms with Gasteiger partial charge in [-0.2, -0.15) is 0 Å². The molecule has 2 rings (SSSR count). The molecule has 0 unspecified atom stereocenters. The summed E-state index contributed by atoms with van der Waals surface area (Å²) >= 11 is 0. The Labute approximate surface area is 86.1 Å². The summed E-state index contributed by atoms with van der Waals surface area (Å²) in [6, 6.07) is 5.17.